The molecule has 0 aromatic heterocycles. The maximum absolute atomic E-state index is 11.8. The number of methoxy groups -OCH3 is 1. The predicted molar refractivity (Wildman–Crippen MR) is 55.4 cm³/mol. The summed E-state index contributed by atoms with van der Waals surface area (Å²) in [6.45, 7) is 3.42. The first-order valence-corrected chi connectivity index (χ1v) is 5.00. The van der Waals surface area contributed by atoms with Crippen molar-refractivity contribution in [3.05, 3.63) is 0 Å². The molecule has 0 bridgehead atoms. The van der Waals surface area contributed by atoms with Crippen molar-refractivity contribution in [2.24, 2.45) is 0 Å². The highest BCUT2D eigenvalue weighted by atomic mass is 16.5. The van der Waals surface area contributed by atoms with Gasteiger partial charge >= 0.3 is 0 Å². The van der Waals surface area contributed by atoms with Gasteiger partial charge in [-0.25, -0.2) is 0 Å². The molecule has 0 unspecified atom stereocenters. The lowest BCUT2D eigenvalue weighted by atomic mass is 10.0. The molecule has 3 amide bonds. The van der Waals surface area contributed by atoms with Gasteiger partial charge in [-0.05, 0) is 13.8 Å². The number of rotatable bonds is 3. The van der Waals surface area contributed by atoms with E-state index in [0.29, 0.717) is 0 Å². The van der Waals surface area contributed by atoms with Crippen LogP contribution in [0.2, 0.25) is 0 Å². The summed E-state index contributed by atoms with van der Waals surface area (Å²) in [5.74, 6) is -1.14. The van der Waals surface area contributed by atoms with Crippen LogP contribution >= 0.6 is 0 Å². The van der Waals surface area contributed by atoms with E-state index in [1.165, 1.54) is 12.0 Å². The Morgan fingerprint density at radius 3 is 2.31 bits per heavy atom. The fraction of sp³-hybridized carbons (Fsp3) is 0.700. The van der Waals surface area contributed by atoms with Crippen LogP contribution in [0.3, 0.4) is 0 Å². The molecule has 1 rings (SSSR count). The van der Waals surface area contributed by atoms with Crippen LogP contribution in [0.5, 0.6) is 0 Å². The molecular weight excluding hydrogens is 212 g/mol. The van der Waals surface area contributed by atoms with E-state index in [1.807, 2.05) is 0 Å². The second-order valence-electron chi connectivity index (χ2n) is 4.36. The molecule has 1 fully saturated rings. The zero-order valence-corrected chi connectivity index (χ0v) is 9.70. The number of ether oxygens (including phenoxy) is 1. The largest absolute Gasteiger partial charge is 0.378 e. The fourth-order valence-corrected chi connectivity index (χ4v) is 1.36. The molecule has 1 aliphatic rings. The Kier molecular flexibility index (Phi) is 3.64. The van der Waals surface area contributed by atoms with Crippen molar-refractivity contribution >= 4 is 17.7 Å². The first-order valence-electron chi connectivity index (χ1n) is 5.00. The van der Waals surface area contributed by atoms with E-state index in [1.54, 1.807) is 13.8 Å². The van der Waals surface area contributed by atoms with Crippen LogP contribution in [0.1, 0.15) is 20.3 Å². The van der Waals surface area contributed by atoms with Crippen LogP contribution in [-0.4, -0.2) is 48.4 Å². The maximum atomic E-state index is 11.8. The number of amides is 3. The molecule has 0 radical (unpaired) electrons. The van der Waals surface area contributed by atoms with Gasteiger partial charge in [-0.15, -0.1) is 0 Å². The van der Waals surface area contributed by atoms with Crippen molar-refractivity contribution in [3.63, 3.8) is 0 Å². The summed E-state index contributed by atoms with van der Waals surface area (Å²) in [7, 11) is 1.52. The zero-order valence-electron chi connectivity index (χ0n) is 9.70. The average Bonchev–Trinajstić information content (AvgIpc) is 2.15. The van der Waals surface area contributed by atoms with Gasteiger partial charge in [-0.1, -0.05) is 0 Å². The van der Waals surface area contributed by atoms with Crippen LogP contribution in [0, 0.1) is 0 Å². The molecule has 6 heteroatoms. The highest BCUT2D eigenvalue weighted by Crippen LogP contribution is 2.15. The molecule has 0 aromatic rings. The second kappa shape index (κ2) is 4.61. The van der Waals surface area contributed by atoms with Crippen LogP contribution in [-0.2, 0) is 19.1 Å². The van der Waals surface area contributed by atoms with Crippen molar-refractivity contribution in [1.82, 2.24) is 10.2 Å². The summed E-state index contributed by atoms with van der Waals surface area (Å²) in [5.41, 5.74) is -0.589. The van der Waals surface area contributed by atoms with E-state index in [-0.39, 0.29) is 25.4 Å². The molecule has 0 aliphatic carbocycles. The van der Waals surface area contributed by atoms with Crippen molar-refractivity contribution in [2.45, 2.75) is 25.9 Å². The Balaban J connectivity index is 2.60. The molecule has 6 nitrogen and oxygen atoms in total. The second-order valence-corrected chi connectivity index (χ2v) is 4.36. The van der Waals surface area contributed by atoms with Gasteiger partial charge in [0.25, 0.3) is 0 Å². The molecule has 16 heavy (non-hydrogen) atoms. The number of hydrogen-bond acceptors (Lipinski definition) is 4. The van der Waals surface area contributed by atoms with Crippen LogP contribution in [0.25, 0.3) is 0 Å². The van der Waals surface area contributed by atoms with Gasteiger partial charge in [-0.3, -0.25) is 19.7 Å². The molecular formula is C10H16N2O4. The lowest BCUT2D eigenvalue weighted by Gasteiger charge is -2.29. The molecule has 0 aromatic carbocycles. The summed E-state index contributed by atoms with van der Waals surface area (Å²) >= 11 is 0. The third-order valence-corrected chi connectivity index (χ3v) is 2.43. The van der Waals surface area contributed by atoms with E-state index < -0.39 is 17.4 Å². The lowest BCUT2D eigenvalue weighted by Crippen LogP contribution is -2.54. The van der Waals surface area contributed by atoms with Crippen LogP contribution < -0.4 is 5.32 Å². The number of piperazine rings is 1. The Labute approximate surface area is 93.9 Å². The van der Waals surface area contributed by atoms with Gasteiger partial charge in [0.05, 0.1) is 12.0 Å². The zero-order chi connectivity index (χ0) is 12.3. The Morgan fingerprint density at radius 2 is 1.88 bits per heavy atom. The maximum Gasteiger partial charge on any atom is 0.246 e. The summed E-state index contributed by atoms with van der Waals surface area (Å²) < 4.78 is 5.12. The summed E-state index contributed by atoms with van der Waals surface area (Å²) in [6, 6.07) is 0. The molecule has 0 spiro atoms. The van der Waals surface area contributed by atoms with Crippen molar-refractivity contribution < 1.29 is 19.1 Å². The first kappa shape index (κ1) is 12.6. The minimum atomic E-state index is -0.589. The topological polar surface area (TPSA) is 75.7 Å². The molecule has 1 aliphatic heterocycles. The number of imide groups is 1. The van der Waals surface area contributed by atoms with E-state index in [0.717, 1.165) is 0 Å². The number of carbonyl (C=O) groups is 3. The van der Waals surface area contributed by atoms with Gasteiger partial charge in [0.1, 0.15) is 13.1 Å². The van der Waals surface area contributed by atoms with Crippen LogP contribution in [0.15, 0.2) is 0 Å². The molecule has 0 saturated carbocycles. The minimum absolute atomic E-state index is 0.0651. The Hall–Kier alpha value is -1.43. The normalized spacial score (nSPS) is 17.3. The quantitative estimate of drug-likeness (QED) is 0.647. The van der Waals surface area contributed by atoms with E-state index >= 15 is 0 Å². The average molecular weight is 228 g/mol. The van der Waals surface area contributed by atoms with Gasteiger partial charge in [0.2, 0.25) is 17.7 Å². The molecule has 1 heterocycles. The van der Waals surface area contributed by atoms with Gasteiger partial charge in [0.15, 0.2) is 0 Å². The van der Waals surface area contributed by atoms with Crippen molar-refractivity contribution in [1.29, 1.82) is 0 Å². The third kappa shape index (κ3) is 3.30. The van der Waals surface area contributed by atoms with Gasteiger partial charge < -0.3 is 9.64 Å². The highest BCUT2D eigenvalue weighted by molar-refractivity contribution is 6.02. The van der Waals surface area contributed by atoms with E-state index in [2.05, 4.69) is 5.32 Å². The number of hydrogen-bond donors (Lipinski definition) is 1. The van der Waals surface area contributed by atoms with Crippen LogP contribution in [0.4, 0.5) is 0 Å². The molecule has 1 saturated heterocycles. The van der Waals surface area contributed by atoms with Crippen molar-refractivity contribution in [3.8, 4) is 0 Å². The number of carbonyl (C=O) groups excluding carboxylic acids is 3. The smallest absolute Gasteiger partial charge is 0.246 e. The van der Waals surface area contributed by atoms with Crippen molar-refractivity contribution in [2.75, 3.05) is 20.2 Å². The van der Waals surface area contributed by atoms with E-state index in [4.69, 9.17) is 4.74 Å². The third-order valence-electron chi connectivity index (χ3n) is 2.43. The summed E-state index contributed by atoms with van der Waals surface area (Å²) in [4.78, 5) is 35.1. The molecule has 0 atom stereocenters. The van der Waals surface area contributed by atoms with Gasteiger partial charge in [-0.2, -0.15) is 0 Å². The Morgan fingerprint density at radius 1 is 1.38 bits per heavy atom. The first-order chi connectivity index (χ1) is 7.34. The number of nitrogens with zero attached hydrogens (tertiary/aromatic N) is 1. The summed E-state index contributed by atoms with van der Waals surface area (Å²) in [5, 5.41) is 2.14. The fourth-order valence-electron chi connectivity index (χ4n) is 1.36. The highest BCUT2D eigenvalue weighted by Gasteiger charge is 2.30. The molecule has 1 N–H and O–H groups in total. The number of nitrogens with one attached hydrogen (secondary N) is 1. The SMILES string of the molecule is COC(C)(C)CC(=O)N1CC(=O)NC(=O)C1. The lowest BCUT2D eigenvalue weighted by molar-refractivity contribution is -0.148. The molecule has 90 valence electrons. The van der Waals surface area contributed by atoms with Gasteiger partial charge in [0, 0.05) is 7.11 Å². The van der Waals surface area contributed by atoms with E-state index in [9.17, 15) is 14.4 Å². The monoisotopic (exact) mass is 228 g/mol. The predicted octanol–water partition coefficient (Wildman–Crippen LogP) is -0.713. The summed E-state index contributed by atoms with van der Waals surface area (Å²) in [6.07, 6.45) is 0.143. The minimum Gasteiger partial charge on any atom is -0.378 e. The Bertz CT molecular complexity index is 309. The standard InChI is InChI=1S/C10H16N2O4/c1-10(2,16-3)4-9(15)12-5-7(13)11-8(14)6-12/h4-6H2,1-3H3,(H,11,13,14).